The van der Waals surface area contributed by atoms with E-state index in [-0.39, 0.29) is 5.41 Å². The highest BCUT2D eigenvalue weighted by molar-refractivity contribution is 5.97. The molecule has 2 fully saturated rings. The van der Waals surface area contributed by atoms with Gasteiger partial charge in [-0.1, -0.05) is 19.1 Å². The number of amidine groups is 1. The second-order valence-corrected chi connectivity index (χ2v) is 6.21. The zero-order valence-corrected chi connectivity index (χ0v) is 11.6. The maximum atomic E-state index is 8.33. The number of hydrogen-bond donors (Lipinski definition) is 3. The van der Waals surface area contributed by atoms with Gasteiger partial charge in [0.25, 0.3) is 0 Å². The van der Waals surface area contributed by atoms with Crippen molar-refractivity contribution < 1.29 is 0 Å². The first kappa shape index (κ1) is 12.7. The lowest BCUT2D eigenvalue weighted by Gasteiger charge is -2.34. The highest BCUT2D eigenvalue weighted by Gasteiger charge is 2.31. The summed E-state index contributed by atoms with van der Waals surface area (Å²) in [5, 5.41) is 15.0. The average Bonchev–Trinajstić information content (AvgIpc) is 3.25. The quantitative estimate of drug-likeness (QED) is 0.574. The molecule has 3 nitrogen and oxygen atoms in total. The van der Waals surface area contributed by atoms with Crippen molar-refractivity contribution >= 4 is 11.5 Å². The van der Waals surface area contributed by atoms with Crippen molar-refractivity contribution in [3.63, 3.8) is 0 Å². The van der Waals surface area contributed by atoms with E-state index in [4.69, 9.17) is 5.41 Å². The summed E-state index contributed by atoms with van der Waals surface area (Å²) in [6, 6.07) is 8.65. The summed E-state index contributed by atoms with van der Waals surface area (Å²) in [7, 11) is 0. The second kappa shape index (κ2) is 4.97. The van der Waals surface area contributed by atoms with Gasteiger partial charge in [-0.15, -0.1) is 0 Å². The van der Waals surface area contributed by atoms with Gasteiger partial charge in [0, 0.05) is 11.1 Å². The van der Waals surface area contributed by atoms with E-state index in [1.165, 1.54) is 18.4 Å². The molecule has 1 heterocycles. The van der Waals surface area contributed by atoms with Gasteiger partial charge in [0.15, 0.2) is 0 Å². The van der Waals surface area contributed by atoms with Crippen LogP contribution in [-0.2, 0) is 0 Å². The van der Waals surface area contributed by atoms with Crippen LogP contribution in [0.4, 0.5) is 5.69 Å². The molecule has 0 atom stereocenters. The van der Waals surface area contributed by atoms with Crippen molar-refractivity contribution in [1.82, 2.24) is 5.32 Å². The minimum absolute atomic E-state index is 0.000411. The molecule has 0 amide bonds. The lowest BCUT2D eigenvalue weighted by molar-refractivity contribution is 0.326. The molecule has 0 bridgehead atoms. The van der Waals surface area contributed by atoms with E-state index in [1.54, 1.807) is 0 Å². The predicted octanol–water partition coefficient (Wildman–Crippen LogP) is 3.34. The third-order valence-electron chi connectivity index (χ3n) is 4.54. The summed E-state index contributed by atoms with van der Waals surface area (Å²) in [5.74, 6) is 1.46. The molecule has 1 saturated heterocycles. The van der Waals surface area contributed by atoms with Crippen LogP contribution in [0, 0.1) is 10.8 Å². The first-order valence-corrected chi connectivity index (χ1v) is 7.34. The lowest BCUT2D eigenvalue weighted by Crippen LogP contribution is -2.42. The third kappa shape index (κ3) is 2.81. The number of benzene rings is 1. The minimum atomic E-state index is 0.000411. The summed E-state index contributed by atoms with van der Waals surface area (Å²) >= 11 is 0. The maximum Gasteiger partial charge on any atom is 0.104 e. The number of anilines is 1. The van der Waals surface area contributed by atoms with Gasteiger partial charge in [-0.3, -0.25) is 5.41 Å². The molecule has 3 N–H and O–H groups in total. The molecule has 19 heavy (non-hydrogen) atoms. The van der Waals surface area contributed by atoms with E-state index in [2.05, 4.69) is 41.8 Å². The summed E-state index contributed by atoms with van der Waals surface area (Å²) in [6.07, 6.45) is 4.76. The van der Waals surface area contributed by atoms with Crippen molar-refractivity contribution in [2.24, 2.45) is 5.41 Å². The average molecular weight is 257 g/mol. The number of piperidine rings is 1. The first-order valence-electron chi connectivity index (χ1n) is 7.34. The van der Waals surface area contributed by atoms with Gasteiger partial charge in [-0.25, -0.2) is 0 Å². The molecule has 2 aliphatic rings. The van der Waals surface area contributed by atoms with Gasteiger partial charge < -0.3 is 10.6 Å². The van der Waals surface area contributed by atoms with E-state index in [0.29, 0.717) is 5.84 Å². The fourth-order valence-corrected chi connectivity index (χ4v) is 2.78. The Hall–Kier alpha value is -1.35. The summed E-state index contributed by atoms with van der Waals surface area (Å²) in [4.78, 5) is 0. The van der Waals surface area contributed by atoms with Gasteiger partial charge in [0.05, 0.1) is 0 Å². The van der Waals surface area contributed by atoms with Crippen LogP contribution in [0.1, 0.15) is 44.1 Å². The molecule has 3 rings (SSSR count). The van der Waals surface area contributed by atoms with Gasteiger partial charge in [-0.2, -0.15) is 0 Å². The van der Waals surface area contributed by atoms with E-state index < -0.39 is 0 Å². The Bertz CT molecular complexity index is 453. The highest BCUT2D eigenvalue weighted by atomic mass is 15.0. The van der Waals surface area contributed by atoms with Crippen LogP contribution in [0.3, 0.4) is 0 Å². The standard InChI is InChI=1S/C16H23N3/c1-16(8-10-18-11-9-16)15(17)19-14-6-4-13(5-7-14)12-2-3-12/h4-7,12,18H,2-3,8-11H2,1H3,(H2,17,19). The fourth-order valence-electron chi connectivity index (χ4n) is 2.78. The molecular formula is C16H23N3. The topological polar surface area (TPSA) is 47.9 Å². The van der Waals surface area contributed by atoms with Gasteiger partial charge in [0.2, 0.25) is 0 Å². The Kier molecular flexibility index (Phi) is 3.31. The Morgan fingerprint density at radius 1 is 1.21 bits per heavy atom. The lowest BCUT2D eigenvalue weighted by atomic mass is 9.79. The maximum absolute atomic E-state index is 8.33. The minimum Gasteiger partial charge on any atom is -0.344 e. The summed E-state index contributed by atoms with van der Waals surface area (Å²) < 4.78 is 0. The van der Waals surface area contributed by atoms with Gasteiger partial charge >= 0.3 is 0 Å². The third-order valence-corrected chi connectivity index (χ3v) is 4.54. The van der Waals surface area contributed by atoms with Crippen molar-refractivity contribution in [1.29, 1.82) is 5.41 Å². The van der Waals surface area contributed by atoms with Crippen LogP contribution < -0.4 is 10.6 Å². The van der Waals surface area contributed by atoms with E-state index in [0.717, 1.165) is 37.5 Å². The Morgan fingerprint density at radius 3 is 2.42 bits per heavy atom. The van der Waals surface area contributed by atoms with Crippen LogP contribution in [0.2, 0.25) is 0 Å². The molecule has 102 valence electrons. The van der Waals surface area contributed by atoms with Crippen LogP contribution in [-0.4, -0.2) is 18.9 Å². The number of hydrogen-bond acceptors (Lipinski definition) is 2. The van der Waals surface area contributed by atoms with E-state index >= 15 is 0 Å². The SMILES string of the molecule is CC1(C(=N)Nc2ccc(C3CC3)cc2)CCNCC1. The van der Waals surface area contributed by atoms with Crippen molar-refractivity contribution in [2.45, 2.75) is 38.5 Å². The zero-order chi connectivity index (χ0) is 13.3. The molecule has 0 radical (unpaired) electrons. The molecule has 1 aliphatic heterocycles. The number of rotatable bonds is 3. The van der Waals surface area contributed by atoms with Gasteiger partial charge in [-0.05, 0) is 62.4 Å². The summed E-state index contributed by atoms with van der Waals surface area (Å²) in [5.41, 5.74) is 2.50. The van der Waals surface area contributed by atoms with E-state index in [1.807, 2.05) is 0 Å². The largest absolute Gasteiger partial charge is 0.344 e. The molecule has 0 spiro atoms. The highest BCUT2D eigenvalue weighted by Crippen LogP contribution is 2.40. The molecular weight excluding hydrogens is 234 g/mol. The fraction of sp³-hybridized carbons (Fsp3) is 0.562. The molecule has 1 saturated carbocycles. The molecule has 0 aromatic heterocycles. The zero-order valence-electron chi connectivity index (χ0n) is 11.6. The van der Waals surface area contributed by atoms with Crippen LogP contribution >= 0.6 is 0 Å². The van der Waals surface area contributed by atoms with Crippen molar-refractivity contribution in [3.05, 3.63) is 29.8 Å². The molecule has 1 aromatic carbocycles. The van der Waals surface area contributed by atoms with Crippen LogP contribution in [0.5, 0.6) is 0 Å². The van der Waals surface area contributed by atoms with E-state index in [9.17, 15) is 0 Å². The van der Waals surface area contributed by atoms with Crippen molar-refractivity contribution in [3.8, 4) is 0 Å². The van der Waals surface area contributed by atoms with Crippen molar-refractivity contribution in [2.75, 3.05) is 18.4 Å². The summed E-state index contributed by atoms with van der Waals surface area (Å²) in [6.45, 7) is 4.23. The smallest absolute Gasteiger partial charge is 0.104 e. The molecule has 1 aromatic rings. The van der Waals surface area contributed by atoms with Gasteiger partial charge in [0.1, 0.15) is 5.84 Å². The number of nitrogens with one attached hydrogen (secondary N) is 3. The molecule has 3 heteroatoms. The monoisotopic (exact) mass is 257 g/mol. The van der Waals surface area contributed by atoms with Crippen LogP contribution in [0.15, 0.2) is 24.3 Å². The van der Waals surface area contributed by atoms with Crippen LogP contribution in [0.25, 0.3) is 0 Å². The second-order valence-electron chi connectivity index (χ2n) is 6.21. The first-order chi connectivity index (χ1) is 9.17. The normalized spacial score (nSPS) is 21.9. The Labute approximate surface area is 115 Å². The molecule has 0 unspecified atom stereocenters. The molecule has 1 aliphatic carbocycles. The Morgan fingerprint density at radius 2 is 1.84 bits per heavy atom. The predicted molar refractivity (Wildman–Crippen MR) is 80.0 cm³/mol. The Balaban J connectivity index is 1.64.